The van der Waals surface area contributed by atoms with Crippen molar-refractivity contribution >= 4 is 11.5 Å². The molecule has 80 valence electrons. The van der Waals surface area contributed by atoms with Crippen molar-refractivity contribution in [1.82, 2.24) is 4.98 Å². The summed E-state index contributed by atoms with van der Waals surface area (Å²) in [5.74, 6) is 0.607. The molecule has 0 unspecified atom stereocenters. The van der Waals surface area contributed by atoms with Crippen LogP contribution in [-0.4, -0.2) is 4.98 Å². The van der Waals surface area contributed by atoms with Crippen molar-refractivity contribution in [3.05, 3.63) is 53.7 Å². The summed E-state index contributed by atoms with van der Waals surface area (Å²) in [6.07, 6.45) is 1.72. The summed E-state index contributed by atoms with van der Waals surface area (Å²) in [6.45, 7) is 1.85. The van der Waals surface area contributed by atoms with Crippen LogP contribution in [-0.2, 0) is 13.1 Å². The highest BCUT2D eigenvalue weighted by Crippen LogP contribution is 2.30. The predicted molar refractivity (Wildman–Crippen MR) is 65.0 cm³/mol. The molecule has 3 nitrogen and oxygen atoms in total. The molecule has 0 bridgehead atoms. The Hall–Kier alpha value is -2.03. The monoisotopic (exact) mass is 211 g/mol. The van der Waals surface area contributed by atoms with Crippen LogP contribution in [0.5, 0.6) is 0 Å². The molecule has 0 spiro atoms. The Morgan fingerprint density at radius 2 is 1.69 bits per heavy atom. The van der Waals surface area contributed by atoms with E-state index in [9.17, 15) is 0 Å². The molecule has 2 aromatic rings. The summed E-state index contributed by atoms with van der Waals surface area (Å²) in [7, 11) is 0. The van der Waals surface area contributed by atoms with Gasteiger partial charge in [0, 0.05) is 19.3 Å². The lowest BCUT2D eigenvalue weighted by atomic mass is 10.1. The Balaban J connectivity index is 1.95. The quantitative estimate of drug-likeness (QED) is 0.786. The second-order valence-corrected chi connectivity index (χ2v) is 4.03. The van der Waals surface area contributed by atoms with Crippen LogP contribution in [0.4, 0.5) is 11.5 Å². The molecule has 0 fully saturated rings. The van der Waals surface area contributed by atoms with E-state index in [0.717, 1.165) is 18.8 Å². The number of fused-ring (bicyclic) bond motifs is 1. The second-order valence-electron chi connectivity index (χ2n) is 4.03. The highest BCUT2D eigenvalue weighted by atomic mass is 15.2. The molecular weight excluding hydrogens is 198 g/mol. The number of pyridine rings is 1. The van der Waals surface area contributed by atoms with E-state index in [1.807, 2.05) is 12.1 Å². The maximum absolute atomic E-state index is 5.88. The Labute approximate surface area is 94.5 Å². The number of anilines is 2. The molecule has 1 aromatic heterocycles. The van der Waals surface area contributed by atoms with Gasteiger partial charge in [-0.25, -0.2) is 4.98 Å². The SMILES string of the molecule is Nc1ncccc1N1Cc2ccccc2C1. The topological polar surface area (TPSA) is 42.1 Å². The van der Waals surface area contributed by atoms with Crippen LogP contribution in [0.2, 0.25) is 0 Å². The fraction of sp³-hybridized carbons (Fsp3) is 0.154. The van der Waals surface area contributed by atoms with Gasteiger partial charge in [-0.2, -0.15) is 0 Å². The summed E-state index contributed by atoms with van der Waals surface area (Å²) >= 11 is 0. The first-order valence-corrected chi connectivity index (χ1v) is 5.37. The van der Waals surface area contributed by atoms with E-state index in [4.69, 9.17) is 5.73 Å². The van der Waals surface area contributed by atoms with Crippen LogP contribution in [0.15, 0.2) is 42.6 Å². The van der Waals surface area contributed by atoms with E-state index in [2.05, 4.69) is 34.1 Å². The smallest absolute Gasteiger partial charge is 0.146 e. The molecule has 0 aliphatic carbocycles. The van der Waals surface area contributed by atoms with Crippen molar-refractivity contribution < 1.29 is 0 Å². The van der Waals surface area contributed by atoms with Gasteiger partial charge in [-0.1, -0.05) is 24.3 Å². The Bertz CT molecular complexity index is 497. The molecule has 3 rings (SSSR count). The number of rotatable bonds is 1. The van der Waals surface area contributed by atoms with E-state index >= 15 is 0 Å². The van der Waals surface area contributed by atoms with E-state index < -0.39 is 0 Å². The van der Waals surface area contributed by atoms with Crippen LogP contribution in [0.25, 0.3) is 0 Å². The number of hydrogen-bond acceptors (Lipinski definition) is 3. The fourth-order valence-corrected chi connectivity index (χ4v) is 2.18. The highest BCUT2D eigenvalue weighted by Gasteiger charge is 2.19. The lowest BCUT2D eigenvalue weighted by Gasteiger charge is -2.18. The first kappa shape index (κ1) is 9.21. The molecule has 2 heterocycles. The number of aromatic nitrogens is 1. The largest absolute Gasteiger partial charge is 0.382 e. The van der Waals surface area contributed by atoms with Crippen molar-refractivity contribution in [3.63, 3.8) is 0 Å². The van der Waals surface area contributed by atoms with Gasteiger partial charge in [0.05, 0.1) is 5.69 Å². The zero-order valence-corrected chi connectivity index (χ0v) is 8.93. The molecule has 0 saturated heterocycles. The van der Waals surface area contributed by atoms with Gasteiger partial charge in [0.25, 0.3) is 0 Å². The third-order valence-corrected chi connectivity index (χ3v) is 3.00. The van der Waals surface area contributed by atoms with Crippen LogP contribution in [0.1, 0.15) is 11.1 Å². The Morgan fingerprint density at radius 3 is 2.31 bits per heavy atom. The summed E-state index contributed by atoms with van der Waals surface area (Å²) in [6, 6.07) is 12.4. The number of benzene rings is 1. The van der Waals surface area contributed by atoms with Crippen LogP contribution in [0.3, 0.4) is 0 Å². The average molecular weight is 211 g/mol. The number of nitrogens with two attached hydrogens (primary N) is 1. The molecule has 0 amide bonds. The van der Waals surface area contributed by atoms with Gasteiger partial charge in [0.2, 0.25) is 0 Å². The second kappa shape index (κ2) is 3.52. The average Bonchev–Trinajstić information content (AvgIpc) is 2.73. The van der Waals surface area contributed by atoms with Gasteiger partial charge in [0.15, 0.2) is 0 Å². The van der Waals surface area contributed by atoms with Gasteiger partial charge in [-0.15, -0.1) is 0 Å². The van der Waals surface area contributed by atoms with Gasteiger partial charge in [0.1, 0.15) is 5.82 Å². The molecule has 0 atom stereocenters. The first-order valence-electron chi connectivity index (χ1n) is 5.37. The maximum atomic E-state index is 5.88. The lowest BCUT2D eigenvalue weighted by molar-refractivity contribution is 0.878. The van der Waals surface area contributed by atoms with E-state index in [1.54, 1.807) is 6.20 Å². The van der Waals surface area contributed by atoms with Crippen LogP contribution >= 0.6 is 0 Å². The number of hydrogen-bond donors (Lipinski definition) is 1. The van der Waals surface area contributed by atoms with Gasteiger partial charge in [-0.05, 0) is 23.3 Å². The van der Waals surface area contributed by atoms with Crippen LogP contribution < -0.4 is 10.6 Å². The number of nitrogen functional groups attached to an aromatic ring is 1. The summed E-state index contributed by atoms with van der Waals surface area (Å²) in [4.78, 5) is 6.38. The van der Waals surface area contributed by atoms with E-state index in [0.29, 0.717) is 5.82 Å². The lowest BCUT2D eigenvalue weighted by Crippen LogP contribution is -2.16. The molecule has 0 radical (unpaired) electrons. The fourth-order valence-electron chi connectivity index (χ4n) is 2.18. The zero-order chi connectivity index (χ0) is 11.0. The summed E-state index contributed by atoms with van der Waals surface area (Å²) in [5.41, 5.74) is 9.67. The molecule has 1 aliphatic heterocycles. The normalized spacial score (nSPS) is 13.9. The van der Waals surface area contributed by atoms with Crippen molar-refractivity contribution in [3.8, 4) is 0 Å². The van der Waals surface area contributed by atoms with Crippen molar-refractivity contribution in [2.75, 3.05) is 10.6 Å². The molecule has 16 heavy (non-hydrogen) atoms. The minimum absolute atomic E-state index is 0.607. The summed E-state index contributed by atoms with van der Waals surface area (Å²) < 4.78 is 0. The van der Waals surface area contributed by atoms with E-state index in [1.165, 1.54) is 11.1 Å². The molecule has 1 aliphatic rings. The molecular formula is C13H13N3. The van der Waals surface area contributed by atoms with Crippen LogP contribution in [0, 0.1) is 0 Å². The Morgan fingerprint density at radius 1 is 1.00 bits per heavy atom. The zero-order valence-electron chi connectivity index (χ0n) is 8.93. The minimum Gasteiger partial charge on any atom is -0.382 e. The predicted octanol–water partition coefficient (Wildman–Crippen LogP) is 2.18. The van der Waals surface area contributed by atoms with E-state index in [-0.39, 0.29) is 0 Å². The summed E-state index contributed by atoms with van der Waals surface area (Å²) in [5, 5.41) is 0. The maximum Gasteiger partial charge on any atom is 0.146 e. The van der Waals surface area contributed by atoms with Crippen molar-refractivity contribution in [2.45, 2.75) is 13.1 Å². The van der Waals surface area contributed by atoms with Gasteiger partial charge >= 0.3 is 0 Å². The molecule has 0 saturated carbocycles. The number of nitrogens with zero attached hydrogens (tertiary/aromatic N) is 2. The molecule has 2 N–H and O–H groups in total. The third kappa shape index (κ3) is 1.41. The van der Waals surface area contributed by atoms with Crippen molar-refractivity contribution in [2.24, 2.45) is 0 Å². The van der Waals surface area contributed by atoms with Crippen molar-refractivity contribution in [1.29, 1.82) is 0 Å². The first-order chi connectivity index (χ1) is 7.84. The Kier molecular flexibility index (Phi) is 2.03. The van der Waals surface area contributed by atoms with Gasteiger partial charge < -0.3 is 10.6 Å². The highest BCUT2D eigenvalue weighted by molar-refractivity contribution is 5.64. The molecule has 3 heteroatoms. The molecule has 1 aromatic carbocycles. The third-order valence-electron chi connectivity index (χ3n) is 3.00. The minimum atomic E-state index is 0.607. The van der Waals surface area contributed by atoms with Gasteiger partial charge in [-0.3, -0.25) is 0 Å². The standard InChI is InChI=1S/C13H13N3/c14-13-12(6-3-7-15-13)16-8-10-4-1-2-5-11(10)9-16/h1-7H,8-9H2,(H2,14,15).